The first kappa shape index (κ1) is 15.5. The van der Waals surface area contributed by atoms with Crippen LogP contribution in [0.5, 0.6) is 0 Å². The second-order valence-corrected chi connectivity index (χ2v) is 8.77. The third kappa shape index (κ3) is 2.78. The van der Waals surface area contributed by atoms with E-state index in [1.807, 2.05) is 0 Å². The fraction of sp³-hybridized carbons (Fsp3) is 0.700. The van der Waals surface area contributed by atoms with Crippen molar-refractivity contribution in [3.05, 3.63) is 29.8 Å². The van der Waals surface area contributed by atoms with Crippen molar-refractivity contribution in [1.29, 1.82) is 0 Å². The number of piperazine rings is 3. The van der Waals surface area contributed by atoms with E-state index >= 15 is 0 Å². The molecule has 0 atom stereocenters. The van der Waals surface area contributed by atoms with Crippen LogP contribution in [0.1, 0.15) is 39.2 Å². The molecule has 4 aliphatic rings. The van der Waals surface area contributed by atoms with E-state index in [9.17, 15) is 0 Å². The molecule has 4 heterocycles. The van der Waals surface area contributed by atoms with Crippen LogP contribution in [0.15, 0.2) is 24.3 Å². The van der Waals surface area contributed by atoms with Crippen LogP contribution >= 0.6 is 0 Å². The quantitative estimate of drug-likeness (QED) is 0.789. The average Bonchev–Trinajstić information content (AvgIpc) is 2.56. The molecule has 0 unspecified atom stereocenters. The number of rotatable bonds is 1. The Morgan fingerprint density at radius 1 is 0.826 bits per heavy atom. The monoisotopic (exact) mass is 313 g/mol. The van der Waals surface area contributed by atoms with Gasteiger partial charge in [0.25, 0.3) is 0 Å². The molecule has 1 aromatic rings. The summed E-state index contributed by atoms with van der Waals surface area (Å²) in [6, 6.07) is 9.29. The Kier molecular flexibility index (Phi) is 3.69. The Balaban J connectivity index is 1.44. The Bertz CT molecular complexity index is 541. The van der Waals surface area contributed by atoms with Crippen molar-refractivity contribution in [1.82, 2.24) is 9.80 Å². The highest BCUT2D eigenvalue weighted by atomic mass is 15.4. The van der Waals surface area contributed by atoms with Crippen LogP contribution in [0.3, 0.4) is 0 Å². The van der Waals surface area contributed by atoms with Crippen molar-refractivity contribution >= 4 is 5.69 Å². The zero-order valence-corrected chi connectivity index (χ0v) is 15.0. The van der Waals surface area contributed by atoms with E-state index in [2.05, 4.69) is 59.7 Å². The minimum atomic E-state index is 0.244. The highest BCUT2D eigenvalue weighted by Gasteiger charge is 2.46. The first-order valence-corrected chi connectivity index (χ1v) is 9.29. The van der Waals surface area contributed by atoms with Crippen molar-refractivity contribution in [2.75, 3.05) is 50.7 Å². The normalized spacial score (nSPS) is 30.0. The topological polar surface area (TPSA) is 9.72 Å². The Morgan fingerprint density at radius 3 is 1.91 bits per heavy atom. The lowest BCUT2D eigenvalue weighted by molar-refractivity contribution is -0.0662. The van der Waals surface area contributed by atoms with Crippen LogP contribution in [0.2, 0.25) is 0 Å². The molecule has 4 aliphatic heterocycles. The van der Waals surface area contributed by atoms with Gasteiger partial charge in [-0.15, -0.1) is 0 Å². The number of hydrogen-bond donors (Lipinski definition) is 0. The number of hydrogen-bond acceptors (Lipinski definition) is 3. The first-order chi connectivity index (χ1) is 11.0. The van der Waals surface area contributed by atoms with Gasteiger partial charge in [-0.1, -0.05) is 32.9 Å². The summed E-state index contributed by atoms with van der Waals surface area (Å²) in [4.78, 5) is 8.08. The molecular formula is C20H31N3. The van der Waals surface area contributed by atoms with E-state index in [-0.39, 0.29) is 5.41 Å². The van der Waals surface area contributed by atoms with Gasteiger partial charge in [-0.25, -0.2) is 0 Å². The Morgan fingerprint density at radius 2 is 1.43 bits per heavy atom. The van der Waals surface area contributed by atoms with Gasteiger partial charge in [0, 0.05) is 57.0 Å². The van der Waals surface area contributed by atoms with Gasteiger partial charge in [0.15, 0.2) is 0 Å². The molecule has 0 N–H and O–H groups in total. The Labute approximate surface area is 141 Å². The highest BCUT2D eigenvalue weighted by Crippen LogP contribution is 2.36. The Hall–Kier alpha value is -1.06. The van der Waals surface area contributed by atoms with Crippen molar-refractivity contribution in [2.24, 2.45) is 0 Å². The number of benzene rings is 1. The summed E-state index contributed by atoms with van der Waals surface area (Å²) in [6.45, 7) is 15.7. The molecule has 4 saturated heterocycles. The maximum atomic E-state index is 2.80. The molecule has 3 nitrogen and oxygen atoms in total. The molecule has 1 aromatic carbocycles. The van der Waals surface area contributed by atoms with E-state index < -0.39 is 0 Å². The third-order valence-electron chi connectivity index (χ3n) is 6.35. The standard InChI is InChI=1S/C20H31N3/c1-19(2,3)17-4-6-18(7-5-17)22-10-8-20(9-11-22)16-21-12-14-23(20)15-13-21/h4-7H,8-16H2,1-3H3. The van der Waals surface area contributed by atoms with Gasteiger partial charge in [-0.2, -0.15) is 0 Å². The zero-order valence-electron chi connectivity index (χ0n) is 15.0. The van der Waals surface area contributed by atoms with Crippen molar-refractivity contribution in [2.45, 2.75) is 44.6 Å². The molecule has 2 bridgehead atoms. The molecule has 23 heavy (non-hydrogen) atoms. The van der Waals surface area contributed by atoms with Gasteiger partial charge in [-0.3, -0.25) is 9.80 Å². The highest BCUT2D eigenvalue weighted by molar-refractivity contribution is 5.49. The predicted molar refractivity (Wildman–Crippen MR) is 97.3 cm³/mol. The number of fused-ring (bicyclic) bond motifs is 2. The minimum absolute atomic E-state index is 0.244. The number of anilines is 1. The first-order valence-electron chi connectivity index (χ1n) is 9.29. The van der Waals surface area contributed by atoms with Gasteiger partial charge in [0.05, 0.1) is 0 Å². The fourth-order valence-electron chi connectivity index (χ4n) is 4.72. The van der Waals surface area contributed by atoms with E-state index in [0.29, 0.717) is 5.54 Å². The van der Waals surface area contributed by atoms with E-state index in [1.54, 1.807) is 0 Å². The minimum Gasteiger partial charge on any atom is -0.371 e. The summed E-state index contributed by atoms with van der Waals surface area (Å²) in [6.07, 6.45) is 2.65. The van der Waals surface area contributed by atoms with Crippen LogP contribution < -0.4 is 4.90 Å². The number of piperidine rings is 1. The lowest BCUT2D eigenvalue weighted by Gasteiger charge is -2.58. The molecule has 1 spiro atoms. The molecule has 0 aliphatic carbocycles. The molecule has 0 aromatic heterocycles. The van der Waals surface area contributed by atoms with Crippen LogP contribution in [-0.2, 0) is 5.41 Å². The fourth-order valence-corrected chi connectivity index (χ4v) is 4.72. The summed E-state index contributed by atoms with van der Waals surface area (Å²) in [7, 11) is 0. The van der Waals surface area contributed by atoms with Gasteiger partial charge in [0.2, 0.25) is 0 Å². The van der Waals surface area contributed by atoms with Crippen LogP contribution in [-0.4, -0.2) is 61.2 Å². The molecule has 3 heteroatoms. The SMILES string of the molecule is CC(C)(C)c1ccc(N2CCC3(CC2)CN2CCN3CC2)cc1. The molecule has 126 valence electrons. The van der Waals surface area contributed by atoms with Gasteiger partial charge >= 0.3 is 0 Å². The summed E-state index contributed by atoms with van der Waals surface area (Å²) in [5.74, 6) is 0. The molecule has 0 saturated carbocycles. The largest absolute Gasteiger partial charge is 0.371 e. The van der Waals surface area contributed by atoms with Crippen molar-refractivity contribution in [3.63, 3.8) is 0 Å². The second kappa shape index (κ2) is 5.49. The molecule has 4 fully saturated rings. The summed E-state index contributed by atoms with van der Waals surface area (Å²) in [5.41, 5.74) is 3.56. The van der Waals surface area contributed by atoms with Crippen molar-refractivity contribution < 1.29 is 0 Å². The smallest absolute Gasteiger partial charge is 0.0371 e. The van der Waals surface area contributed by atoms with Crippen LogP contribution in [0.4, 0.5) is 5.69 Å². The molecule has 5 rings (SSSR count). The molecule has 0 radical (unpaired) electrons. The summed E-state index contributed by atoms with van der Waals surface area (Å²) in [5, 5.41) is 0. The maximum absolute atomic E-state index is 2.80. The number of nitrogens with zero attached hydrogens (tertiary/aromatic N) is 3. The van der Waals surface area contributed by atoms with Gasteiger partial charge in [0.1, 0.15) is 0 Å². The second-order valence-electron chi connectivity index (χ2n) is 8.77. The van der Waals surface area contributed by atoms with E-state index in [4.69, 9.17) is 0 Å². The predicted octanol–water partition coefficient (Wildman–Crippen LogP) is 2.95. The summed E-state index contributed by atoms with van der Waals surface area (Å²) >= 11 is 0. The maximum Gasteiger partial charge on any atom is 0.0371 e. The van der Waals surface area contributed by atoms with E-state index in [1.165, 1.54) is 69.9 Å². The molecule has 0 amide bonds. The van der Waals surface area contributed by atoms with E-state index in [0.717, 1.165) is 0 Å². The average molecular weight is 313 g/mol. The van der Waals surface area contributed by atoms with Crippen LogP contribution in [0.25, 0.3) is 0 Å². The lowest BCUT2D eigenvalue weighted by Crippen LogP contribution is -2.70. The lowest BCUT2D eigenvalue weighted by atomic mass is 9.81. The third-order valence-corrected chi connectivity index (χ3v) is 6.35. The van der Waals surface area contributed by atoms with Gasteiger partial charge < -0.3 is 4.90 Å². The summed E-state index contributed by atoms with van der Waals surface area (Å²) < 4.78 is 0. The van der Waals surface area contributed by atoms with Gasteiger partial charge in [-0.05, 0) is 36.0 Å². The molecular weight excluding hydrogens is 282 g/mol. The van der Waals surface area contributed by atoms with Crippen LogP contribution in [0, 0.1) is 0 Å². The van der Waals surface area contributed by atoms with Crippen molar-refractivity contribution in [3.8, 4) is 0 Å². The zero-order chi connectivity index (χ0) is 16.1.